The highest BCUT2D eigenvalue weighted by Gasteiger charge is 2.07. The molecule has 1 N–H and O–H groups in total. The predicted molar refractivity (Wildman–Crippen MR) is 97.0 cm³/mol. The molecule has 0 aliphatic rings. The standard InChI is InChI=1S/C16H14N4O2S2/c1-11-2-6-13(7-3-11)17-15-18-19-16(24-15)23-10-12-4-8-14(9-5-12)20(21)22/h2-9H,10H2,1H3,(H,17,18). The summed E-state index contributed by atoms with van der Waals surface area (Å²) in [5.74, 6) is 0.692. The summed E-state index contributed by atoms with van der Waals surface area (Å²) in [5.41, 5.74) is 3.29. The molecule has 6 nitrogen and oxygen atoms in total. The highest BCUT2D eigenvalue weighted by atomic mass is 32.2. The zero-order valence-electron chi connectivity index (χ0n) is 12.8. The Balaban J connectivity index is 1.57. The van der Waals surface area contributed by atoms with Crippen molar-refractivity contribution in [3.05, 3.63) is 69.8 Å². The molecule has 8 heteroatoms. The summed E-state index contributed by atoms with van der Waals surface area (Å²) in [6, 6.07) is 14.6. The van der Waals surface area contributed by atoms with Crippen molar-refractivity contribution in [2.75, 3.05) is 5.32 Å². The van der Waals surface area contributed by atoms with Gasteiger partial charge in [-0.2, -0.15) is 0 Å². The minimum Gasteiger partial charge on any atom is -0.330 e. The van der Waals surface area contributed by atoms with Crippen molar-refractivity contribution >= 4 is 39.6 Å². The maximum absolute atomic E-state index is 10.6. The third-order valence-electron chi connectivity index (χ3n) is 3.22. The molecular formula is C16H14N4O2S2. The molecule has 122 valence electrons. The second-order valence-electron chi connectivity index (χ2n) is 5.08. The van der Waals surface area contributed by atoms with Crippen molar-refractivity contribution in [2.45, 2.75) is 17.0 Å². The SMILES string of the molecule is Cc1ccc(Nc2nnc(SCc3ccc([N+](=O)[O-])cc3)s2)cc1. The lowest BCUT2D eigenvalue weighted by molar-refractivity contribution is -0.384. The van der Waals surface area contributed by atoms with E-state index in [-0.39, 0.29) is 5.69 Å². The second kappa shape index (κ2) is 7.41. The fraction of sp³-hybridized carbons (Fsp3) is 0.125. The monoisotopic (exact) mass is 358 g/mol. The summed E-state index contributed by atoms with van der Waals surface area (Å²) in [7, 11) is 0. The predicted octanol–water partition coefficient (Wildman–Crippen LogP) is 4.79. The second-order valence-corrected chi connectivity index (χ2v) is 7.28. The van der Waals surface area contributed by atoms with Gasteiger partial charge in [-0.15, -0.1) is 10.2 Å². The van der Waals surface area contributed by atoms with E-state index in [0.717, 1.165) is 20.7 Å². The average Bonchev–Trinajstić information content (AvgIpc) is 3.03. The van der Waals surface area contributed by atoms with E-state index < -0.39 is 4.92 Å². The van der Waals surface area contributed by atoms with Crippen LogP contribution in [0.2, 0.25) is 0 Å². The summed E-state index contributed by atoms with van der Waals surface area (Å²) in [5, 5.41) is 22.9. The van der Waals surface area contributed by atoms with E-state index in [4.69, 9.17) is 0 Å². The summed E-state index contributed by atoms with van der Waals surface area (Å²) in [6.07, 6.45) is 0. The van der Waals surface area contributed by atoms with Crippen LogP contribution in [-0.2, 0) is 5.75 Å². The van der Waals surface area contributed by atoms with E-state index in [9.17, 15) is 10.1 Å². The number of hydrogen-bond donors (Lipinski definition) is 1. The molecule has 1 aromatic heterocycles. The lowest BCUT2D eigenvalue weighted by Crippen LogP contribution is -1.88. The van der Waals surface area contributed by atoms with E-state index >= 15 is 0 Å². The number of aryl methyl sites for hydroxylation is 1. The van der Waals surface area contributed by atoms with Crippen LogP contribution in [0.25, 0.3) is 0 Å². The van der Waals surface area contributed by atoms with Crippen LogP contribution in [0.15, 0.2) is 52.9 Å². The molecule has 0 amide bonds. The van der Waals surface area contributed by atoms with Gasteiger partial charge in [0.1, 0.15) is 0 Å². The van der Waals surface area contributed by atoms with Crippen LogP contribution >= 0.6 is 23.1 Å². The van der Waals surface area contributed by atoms with Gasteiger partial charge in [0.2, 0.25) is 5.13 Å². The molecule has 0 aliphatic carbocycles. The average molecular weight is 358 g/mol. The first-order valence-electron chi connectivity index (χ1n) is 7.13. The third-order valence-corrected chi connectivity index (χ3v) is 5.26. The summed E-state index contributed by atoms with van der Waals surface area (Å²) >= 11 is 3.04. The fourth-order valence-corrected chi connectivity index (χ4v) is 3.67. The zero-order valence-corrected chi connectivity index (χ0v) is 14.4. The smallest absolute Gasteiger partial charge is 0.269 e. The minimum absolute atomic E-state index is 0.101. The van der Waals surface area contributed by atoms with E-state index in [1.807, 2.05) is 31.2 Å². The van der Waals surface area contributed by atoms with Crippen molar-refractivity contribution in [1.82, 2.24) is 10.2 Å². The molecule has 0 bridgehead atoms. The quantitative estimate of drug-likeness (QED) is 0.387. The summed E-state index contributed by atoms with van der Waals surface area (Å²) < 4.78 is 0.850. The summed E-state index contributed by atoms with van der Waals surface area (Å²) in [6.45, 7) is 2.04. The lowest BCUT2D eigenvalue weighted by Gasteiger charge is -2.01. The molecule has 2 aromatic carbocycles. The lowest BCUT2D eigenvalue weighted by atomic mass is 10.2. The van der Waals surface area contributed by atoms with Gasteiger partial charge in [0, 0.05) is 23.6 Å². The van der Waals surface area contributed by atoms with Gasteiger partial charge in [-0.1, -0.05) is 52.9 Å². The Morgan fingerprint density at radius 1 is 1.12 bits per heavy atom. The number of thioether (sulfide) groups is 1. The summed E-state index contributed by atoms with van der Waals surface area (Å²) in [4.78, 5) is 10.2. The highest BCUT2D eigenvalue weighted by molar-refractivity contribution is 8.00. The number of nitro groups is 1. The molecular weight excluding hydrogens is 344 g/mol. The maximum atomic E-state index is 10.6. The Morgan fingerprint density at radius 2 is 1.83 bits per heavy atom. The van der Waals surface area contributed by atoms with E-state index in [2.05, 4.69) is 15.5 Å². The van der Waals surface area contributed by atoms with Crippen molar-refractivity contribution < 1.29 is 4.92 Å². The molecule has 0 atom stereocenters. The molecule has 0 saturated heterocycles. The van der Waals surface area contributed by atoms with Gasteiger partial charge in [-0.25, -0.2) is 0 Å². The van der Waals surface area contributed by atoms with Crippen LogP contribution in [-0.4, -0.2) is 15.1 Å². The van der Waals surface area contributed by atoms with Gasteiger partial charge in [0.25, 0.3) is 5.69 Å². The van der Waals surface area contributed by atoms with Gasteiger partial charge < -0.3 is 5.32 Å². The number of non-ortho nitro benzene ring substituents is 1. The highest BCUT2D eigenvalue weighted by Crippen LogP contribution is 2.30. The normalized spacial score (nSPS) is 10.5. The molecule has 0 aliphatic heterocycles. The topological polar surface area (TPSA) is 81.0 Å². The largest absolute Gasteiger partial charge is 0.330 e. The van der Waals surface area contributed by atoms with Crippen molar-refractivity contribution in [2.24, 2.45) is 0 Å². The molecule has 0 unspecified atom stereocenters. The first-order valence-corrected chi connectivity index (χ1v) is 8.94. The maximum Gasteiger partial charge on any atom is 0.269 e. The molecule has 3 rings (SSSR count). The zero-order chi connectivity index (χ0) is 16.9. The molecule has 0 radical (unpaired) electrons. The van der Waals surface area contributed by atoms with Gasteiger partial charge in [0.15, 0.2) is 4.34 Å². The number of nitrogens with one attached hydrogen (secondary N) is 1. The van der Waals surface area contributed by atoms with Crippen molar-refractivity contribution in [1.29, 1.82) is 0 Å². The van der Waals surface area contributed by atoms with E-state index in [1.54, 1.807) is 23.9 Å². The Morgan fingerprint density at radius 3 is 2.50 bits per heavy atom. The van der Waals surface area contributed by atoms with Crippen molar-refractivity contribution in [3.8, 4) is 0 Å². The van der Waals surface area contributed by atoms with Gasteiger partial charge in [0.05, 0.1) is 4.92 Å². The molecule has 1 heterocycles. The Bertz CT molecular complexity index is 832. The number of nitrogens with zero attached hydrogens (tertiary/aromatic N) is 3. The van der Waals surface area contributed by atoms with Crippen LogP contribution < -0.4 is 5.32 Å². The minimum atomic E-state index is -0.398. The molecule has 0 saturated carbocycles. The number of benzene rings is 2. The Hall–Kier alpha value is -2.45. The molecule has 3 aromatic rings. The van der Waals surface area contributed by atoms with Crippen LogP contribution in [0.3, 0.4) is 0 Å². The first kappa shape index (κ1) is 16.4. The van der Waals surface area contributed by atoms with Gasteiger partial charge >= 0.3 is 0 Å². The van der Waals surface area contributed by atoms with E-state index in [0.29, 0.717) is 5.75 Å². The number of aromatic nitrogens is 2. The first-order chi connectivity index (χ1) is 11.6. The van der Waals surface area contributed by atoms with Gasteiger partial charge in [-0.05, 0) is 24.6 Å². The van der Waals surface area contributed by atoms with Gasteiger partial charge in [-0.3, -0.25) is 10.1 Å². The van der Waals surface area contributed by atoms with Crippen LogP contribution in [0.5, 0.6) is 0 Å². The molecule has 24 heavy (non-hydrogen) atoms. The fourth-order valence-electron chi connectivity index (χ4n) is 1.94. The Labute approximate surface area is 147 Å². The number of rotatable bonds is 6. The van der Waals surface area contributed by atoms with Crippen LogP contribution in [0.1, 0.15) is 11.1 Å². The van der Waals surface area contributed by atoms with Crippen LogP contribution in [0.4, 0.5) is 16.5 Å². The molecule has 0 fully saturated rings. The third kappa shape index (κ3) is 4.30. The van der Waals surface area contributed by atoms with Crippen molar-refractivity contribution in [3.63, 3.8) is 0 Å². The van der Waals surface area contributed by atoms with E-state index in [1.165, 1.54) is 29.0 Å². The number of hydrogen-bond acceptors (Lipinski definition) is 7. The Kier molecular flexibility index (Phi) is 5.07. The number of anilines is 2. The number of nitro benzene ring substituents is 1. The molecule has 0 spiro atoms. The van der Waals surface area contributed by atoms with Crippen LogP contribution in [0, 0.1) is 17.0 Å².